The lowest BCUT2D eigenvalue weighted by molar-refractivity contribution is -0.227. The number of hydrogen-bond acceptors (Lipinski definition) is 4. The molecule has 0 spiro atoms. The van der Waals surface area contributed by atoms with E-state index in [0.717, 1.165) is 28.4 Å². The van der Waals surface area contributed by atoms with Crippen molar-refractivity contribution in [1.29, 1.82) is 0 Å². The Morgan fingerprint density at radius 1 is 0.971 bits per heavy atom. The fraction of sp³-hybridized carbons (Fsp3) is 0.280. The summed E-state index contributed by atoms with van der Waals surface area (Å²) in [6.07, 6.45) is -3.16. The fourth-order valence-electron chi connectivity index (χ4n) is 4.82. The van der Waals surface area contributed by atoms with E-state index in [9.17, 15) is 13.2 Å². The average Bonchev–Trinajstić information content (AvgIpc) is 3.33. The quantitative estimate of drug-likeness (QED) is 0.411. The van der Waals surface area contributed by atoms with Crippen LogP contribution in [0.5, 0.6) is 0 Å². The van der Waals surface area contributed by atoms with Gasteiger partial charge in [0.15, 0.2) is 5.54 Å². The highest BCUT2D eigenvalue weighted by Gasteiger charge is 2.62. The minimum absolute atomic E-state index is 0.0264. The van der Waals surface area contributed by atoms with Gasteiger partial charge < -0.3 is 0 Å². The number of fused-ring (bicyclic) bond motifs is 1. The summed E-state index contributed by atoms with van der Waals surface area (Å²) in [6, 6.07) is 15.7. The summed E-state index contributed by atoms with van der Waals surface area (Å²) in [7, 11) is 1.34. The number of alkyl halides is 3. The van der Waals surface area contributed by atoms with Crippen LogP contribution in [-0.4, -0.2) is 33.8 Å². The van der Waals surface area contributed by atoms with Crippen molar-refractivity contribution in [3.8, 4) is 0 Å². The third-order valence-electron chi connectivity index (χ3n) is 6.49. The van der Waals surface area contributed by atoms with Crippen molar-refractivity contribution in [1.82, 2.24) is 14.9 Å². The molecule has 1 atom stereocenters. The zero-order chi connectivity index (χ0) is 24.1. The van der Waals surface area contributed by atoms with Gasteiger partial charge in [-0.2, -0.15) is 18.3 Å². The predicted octanol–water partition coefficient (Wildman–Crippen LogP) is 6.40. The lowest BCUT2D eigenvalue weighted by Crippen LogP contribution is -2.50. The highest BCUT2D eigenvalue weighted by molar-refractivity contribution is 6.34. The average molecular weight is 505 g/mol. The predicted molar refractivity (Wildman–Crippen MR) is 127 cm³/mol. The third-order valence-corrected chi connectivity index (χ3v) is 6.93. The Hall–Kier alpha value is -2.61. The van der Waals surface area contributed by atoms with E-state index in [-0.39, 0.29) is 22.0 Å². The fourth-order valence-corrected chi connectivity index (χ4v) is 5.35. The summed E-state index contributed by atoms with van der Waals surface area (Å²) in [5.41, 5.74) is 1.92. The Morgan fingerprint density at radius 2 is 1.71 bits per heavy atom. The number of halogens is 5. The summed E-state index contributed by atoms with van der Waals surface area (Å²) < 4.78 is 43.7. The number of aromatic nitrogens is 1. The van der Waals surface area contributed by atoms with Gasteiger partial charge in [0.2, 0.25) is 0 Å². The van der Waals surface area contributed by atoms with Gasteiger partial charge in [0, 0.05) is 49.3 Å². The number of benzene rings is 2. The smallest absolute Gasteiger partial charge is 0.289 e. The zero-order valence-corrected chi connectivity index (χ0v) is 19.8. The molecule has 0 amide bonds. The lowest BCUT2D eigenvalue weighted by atomic mass is 9.83. The van der Waals surface area contributed by atoms with E-state index in [1.807, 2.05) is 36.4 Å². The molecule has 9 heteroatoms. The molecular weight excluding hydrogens is 484 g/mol. The largest absolute Gasteiger partial charge is 0.417 e. The summed E-state index contributed by atoms with van der Waals surface area (Å²) in [4.78, 5) is 6.64. The van der Waals surface area contributed by atoms with Crippen LogP contribution in [0, 0.1) is 0 Å². The molecular formula is C25H21Cl2F3N4. The number of hydrogen-bond donors (Lipinski definition) is 0. The van der Waals surface area contributed by atoms with E-state index < -0.39 is 11.7 Å². The van der Waals surface area contributed by atoms with Crippen LogP contribution in [0.1, 0.15) is 34.4 Å². The SMILES string of the molecule is CN1N=C(c2ccc3c(c2)CN(Cc2ccccn2)C3)CC1(c1cc(Cl)cc(Cl)c1)C(F)(F)F. The van der Waals surface area contributed by atoms with Crippen molar-refractivity contribution in [3.63, 3.8) is 0 Å². The minimum Gasteiger partial charge on any atom is -0.289 e. The van der Waals surface area contributed by atoms with Crippen molar-refractivity contribution >= 4 is 28.9 Å². The molecule has 2 aromatic carbocycles. The van der Waals surface area contributed by atoms with E-state index in [2.05, 4.69) is 15.0 Å². The van der Waals surface area contributed by atoms with Crippen molar-refractivity contribution in [3.05, 3.63) is 98.8 Å². The topological polar surface area (TPSA) is 31.7 Å². The molecule has 0 saturated heterocycles. The van der Waals surface area contributed by atoms with E-state index >= 15 is 0 Å². The van der Waals surface area contributed by atoms with E-state index in [1.165, 1.54) is 25.2 Å². The molecule has 0 radical (unpaired) electrons. The van der Waals surface area contributed by atoms with Crippen molar-refractivity contribution in [2.45, 2.75) is 37.8 Å². The summed E-state index contributed by atoms with van der Waals surface area (Å²) in [5, 5.41) is 5.64. The van der Waals surface area contributed by atoms with Crippen molar-refractivity contribution in [2.75, 3.05) is 7.05 Å². The number of rotatable bonds is 4. The maximum Gasteiger partial charge on any atom is 0.417 e. The van der Waals surface area contributed by atoms with Gasteiger partial charge in [-0.1, -0.05) is 41.4 Å². The molecule has 34 heavy (non-hydrogen) atoms. The van der Waals surface area contributed by atoms with Gasteiger partial charge >= 0.3 is 6.18 Å². The van der Waals surface area contributed by atoms with Gasteiger partial charge in [0.25, 0.3) is 0 Å². The molecule has 5 rings (SSSR count). The van der Waals surface area contributed by atoms with Crippen LogP contribution in [0.15, 0.2) is 65.9 Å². The van der Waals surface area contributed by atoms with Crippen LogP contribution in [0.2, 0.25) is 10.0 Å². The molecule has 3 heterocycles. The van der Waals surface area contributed by atoms with E-state index in [0.29, 0.717) is 24.4 Å². The van der Waals surface area contributed by atoms with Crippen LogP contribution in [-0.2, 0) is 25.2 Å². The normalized spacial score (nSPS) is 20.5. The Balaban J connectivity index is 1.43. The molecule has 0 N–H and O–H groups in total. The van der Waals surface area contributed by atoms with Gasteiger partial charge in [0.05, 0.1) is 11.4 Å². The van der Waals surface area contributed by atoms with Crippen molar-refractivity contribution < 1.29 is 13.2 Å². The Labute approximate surface area is 205 Å². The molecule has 2 aliphatic rings. The van der Waals surface area contributed by atoms with Crippen LogP contribution in [0.25, 0.3) is 0 Å². The van der Waals surface area contributed by atoms with Gasteiger partial charge in [-0.25, -0.2) is 0 Å². The van der Waals surface area contributed by atoms with Crippen LogP contribution < -0.4 is 0 Å². The summed E-state index contributed by atoms with van der Waals surface area (Å²) >= 11 is 12.1. The highest BCUT2D eigenvalue weighted by Crippen LogP contribution is 2.50. The molecule has 0 saturated carbocycles. The second-order valence-electron chi connectivity index (χ2n) is 8.71. The molecule has 0 fully saturated rings. The molecule has 1 aromatic heterocycles. The van der Waals surface area contributed by atoms with Gasteiger partial charge in [-0.05, 0) is 58.7 Å². The molecule has 1 unspecified atom stereocenters. The maximum absolute atomic E-state index is 14.6. The second kappa shape index (κ2) is 8.56. The first kappa shape index (κ1) is 23.1. The minimum atomic E-state index is -4.60. The standard InChI is InChI=1S/C25H21Cl2F3N4/c1-33-24(25(28,29)30,19-9-20(26)11-21(27)10-19)12-23(32-33)16-5-6-17-13-34(14-18(17)8-16)15-22-4-2-3-7-31-22/h2-11H,12-15H2,1H3. The second-order valence-corrected chi connectivity index (χ2v) is 9.59. The molecule has 176 valence electrons. The lowest BCUT2D eigenvalue weighted by Gasteiger charge is -2.37. The van der Waals surface area contributed by atoms with Gasteiger partial charge in [-0.3, -0.25) is 14.9 Å². The van der Waals surface area contributed by atoms with Gasteiger partial charge in [0.1, 0.15) is 0 Å². The number of pyridine rings is 1. The molecule has 0 bridgehead atoms. The number of nitrogens with zero attached hydrogens (tertiary/aromatic N) is 4. The summed E-state index contributed by atoms with van der Waals surface area (Å²) in [5.74, 6) is 0. The number of hydrazone groups is 1. The first-order valence-corrected chi connectivity index (χ1v) is 11.5. The molecule has 2 aliphatic heterocycles. The first-order valence-electron chi connectivity index (χ1n) is 10.7. The van der Waals surface area contributed by atoms with Crippen LogP contribution >= 0.6 is 23.2 Å². The maximum atomic E-state index is 14.6. The van der Waals surface area contributed by atoms with Crippen LogP contribution in [0.3, 0.4) is 0 Å². The first-order chi connectivity index (χ1) is 16.2. The monoisotopic (exact) mass is 504 g/mol. The van der Waals surface area contributed by atoms with Crippen molar-refractivity contribution in [2.24, 2.45) is 5.10 Å². The summed E-state index contributed by atoms with van der Waals surface area (Å²) in [6.45, 7) is 2.19. The Morgan fingerprint density at radius 3 is 2.38 bits per heavy atom. The Bertz CT molecular complexity index is 1240. The van der Waals surface area contributed by atoms with E-state index in [1.54, 1.807) is 6.20 Å². The molecule has 3 aromatic rings. The molecule has 4 nitrogen and oxygen atoms in total. The third kappa shape index (κ3) is 4.06. The van der Waals surface area contributed by atoms with E-state index in [4.69, 9.17) is 23.2 Å². The van der Waals surface area contributed by atoms with Gasteiger partial charge in [-0.15, -0.1) is 0 Å². The van der Waals surface area contributed by atoms with Crippen LogP contribution in [0.4, 0.5) is 13.2 Å². The Kier molecular flexibility index (Phi) is 5.82. The molecule has 0 aliphatic carbocycles. The zero-order valence-electron chi connectivity index (χ0n) is 18.3. The highest BCUT2D eigenvalue weighted by atomic mass is 35.5.